The molecule has 1 aromatic rings. The molecule has 0 bridgehead atoms. The standard InChI is InChI=1S/C15H22Cl2N2O/c1-4-6-7-19(5-2)14-8-11(3)18-15(17)13(14)9-12(20)10-16/h8H,4-7,9-10H2,1-3H3. The number of aromatic nitrogens is 1. The van der Waals surface area contributed by atoms with Gasteiger partial charge in [0.05, 0.1) is 5.88 Å². The molecule has 0 aliphatic rings. The van der Waals surface area contributed by atoms with Crippen LogP contribution in [-0.4, -0.2) is 29.7 Å². The van der Waals surface area contributed by atoms with Crippen LogP contribution in [-0.2, 0) is 11.2 Å². The number of carbonyl (C=O) groups excluding carboxylic acids is 1. The molecule has 0 aromatic carbocycles. The Morgan fingerprint density at radius 1 is 1.40 bits per heavy atom. The lowest BCUT2D eigenvalue weighted by molar-refractivity contribution is -0.116. The van der Waals surface area contributed by atoms with Crippen LogP contribution in [0, 0.1) is 6.92 Å². The second kappa shape index (κ2) is 8.48. The Morgan fingerprint density at radius 2 is 2.10 bits per heavy atom. The molecule has 1 rings (SSSR count). The molecule has 0 saturated heterocycles. The lowest BCUT2D eigenvalue weighted by Gasteiger charge is -2.26. The summed E-state index contributed by atoms with van der Waals surface area (Å²) in [6.07, 6.45) is 2.48. The first-order chi connectivity index (χ1) is 9.53. The van der Waals surface area contributed by atoms with E-state index in [9.17, 15) is 4.79 Å². The average Bonchev–Trinajstić information content (AvgIpc) is 2.42. The number of aryl methyl sites for hydroxylation is 1. The number of hydrogen-bond acceptors (Lipinski definition) is 3. The lowest BCUT2D eigenvalue weighted by atomic mass is 10.1. The number of alkyl halides is 1. The van der Waals surface area contributed by atoms with Crippen LogP contribution in [0.5, 0.6) is 0 Å². The summed E-state index contributed by atoms with van der Waals surface area (Å²) >= 11 is 11.8. The van der Waals surface area contributed by atoms with E-state index in [1.807, 2.05) is 13.0 Å². The van der Waals surface area contributed by atoms with Gasteiger partial charge in [-0.15, -0.1) is 11.6 Å². The number of anilines is 1. The van der Waals surface area contributed by atoms with E-state index >= 15 is 0 Å². The molecular weight excluding hydrogens is 295 g/mol. The summed E-state index contributed by atoms with van der Waals surface area (Å²) in [5.41, 5.74) is 2.67. The third kappa shape index (κ3) is 4.64. The fraction of sp³-hybridized carbons (Fsp3) is 0.600. The monoisotopic (exact) mass is 316 g/mol. The lowest BCUT2D eigenvalue weighted by Crippen LogP contribution is -2.26. The van der Waals surface area contributed by atoms with Crippen LogP contribution in [0.25, 0.3) is 0 Å². The predicted molar refractivity (Wildman–Crippen MR) is 86.2 cm³/mol. The number of carbonyl (C=O) groups is 1. The molecule has 3 nitrogen and oxygen atoms in total. The molecule has 1 heterocycles. The molecule has 0 radical (unpaired) electrons. The number of Topliss-reactive ketones (excluding diaryl/α,β-unsaturated/α-hetero) is 1. The van der Waals surface area contributed by atoms with Crippen molar-refractivity contribution in [3.63, 3.8) is 0 Å². The fourth-order valence-corrected chi connectivity index (χ4v) is 2.52. The minimum absolute atomic E-state index is 0.00469. The number of halogens is 2. The highest BCUT2D eigenvalue weighted by Crippen LogP contribution is 2.28. The molecular formula is C15H22Cl2N2O. The summed E-state index contributed by atoms with van der Waals surface area (Å²) < 4.78 is 0. The highest BCUT2D eigenvalue weighted by atomic mass is 35.5. The Hall–Kier alpha value is -0.800. The van der Waals surface area contributed by atoms with Crippen molar-refractivity contribution in [3.8, 4) is 0 Å². The highest BCUT2D eigenvalue weighted by molar-refractivity contribution is 6.31. The number of hydrogen-bond donors (Lipinski definition) is 0. The van der Waals surface area contributed by atoms with Crippen LogP contribution < -0.4 is 4.90 Å². The van der Waals surface area contributed by atoms with Gasteiger partial charge in [-0.2, -0.15) is 0 Å². The first-order valence-electron chi connectivity index (χ1n) is 7.02. The zero-order valence-electron chi connectivity index (χ0n) is 12.4. The van der Waals surface area contributed by atoms with E-state index in [-0.39, 0.29) is 18.1 Å². The van der Waals surface area contributed by atoms with E-state index < -0.39 is 0 Å². The van der Waals surface area contributed by atoms with E-state index in [4.69, 9.17) is 23.2 Å². The third-order valence-corrected chi connectivity index (χ3v) is 3.82. The van der Waals surface area contributed by atoms with Gasteiger partial charge in [0.1, 0.15) is 5.15 Å². The zero-order chi connectivity index (χ0) is 15.1. The van der Waals surface area contributed by atoms with Gasteiger partial charge in [0.15, 0.2) is 5.78 Å². The Morgan fingerprint density at radius 3 is 2.65 bits per heavy atom. The second-order valence-electron chi connectivity index (χ2n) is 4.83. The van der Waals surface area contributed by atoms with Gasteiger partial charge in [0.25, 0.3) is 0 Å². The Kier molecular flexibility index (Phi) is 7.31. The van der Waals surface area contributed by atoms with Crippen LogP contribution in [0.2, 0.25) is 5.15 Å². The van der Waals surface area contributed by atoms with Gasteiger partial charge in [0, 0.05) is 36.5 Å². The normalized spacial score (nSPS) is 10.7. The van der Waals surface area contributed by atoms with Crippen LogP contribution in [0.15, 0.2) is 6.07 Å². The van der Waals surface area contributed by atoms with Gasteiger partial charge in [-0.1, -0.05) is 24.9 Å². The number of pyridine rings is 1. The van der Waals surface area contributed by atoms with Crippen molar-refractivity contribution in [3.05, 3.63) is 22.5 Å². The molecule has 0 aliphatic carbocycles. The van der Waals surface area contributed by atoms with Gasteiger partial charge in [-0.3, -0.25) is 4.79 Å². The van der Waals surface area contributed by atoms with Crippen LogP contribution >= 0.6 is 23.2 Å². The van der Waals surface area contributed by atoms with Gasteiger partial charge in [-0.05, 0) is 26.3 Å². The maximum absolute atomic E-state index is 11.7. The van der Waals surface area contributed by atoms with Crippen LogP contribution in [0.1, 0.15) is 37.9 Å². The first-order valence-corrected chi connectivity index (χ1v) is 7.93. The molecule has 0 fully saturated rings. The molecule has 0 amide bonds. The molecule has 1 aromatic heterocycles. The number of ketones is 1. The van der Waals surface area contributed by atoms with Crippen LogP contribution in [0.4, 0.5) is 5.69 Å². The maximum atomic E-state index is 11.7. The van der Waals surface area contributed by atoms with E-state index in [0.717, 1.165) is 42.9 Å². The van der Waals surface area contributed by atoms with Crippen molar-refractivity contribution in [2.24, 2.45) is 0 Å². The molecule has 112 valence electrons. The fourth-order valence-electron chi connectivity index (χ4n) is 2.13. The average molecular weight is 317 g/mol. The van der Waals surface area contributed by atoms with Crippen molar-refractivity contribution in [1.29, 1.82) is 0 Å². The number of rotatable bonds is 8. The van der Waals surface area contributed by atoms with Gasteiger partial charge in [-0.25, -0.2) is 4.98 Å². The largest absolute Gasteiger partial charge is 0.371 e. The van der Waals surface area contributed by atoms with Crippen LogP contribution in [0.3, 0.4) is 0 Å². The molecule has 0 unspecified atom stereocenters. The maximum Gasteiger partial charge on any atom is 0.152 e. The number of nitrogens with zero attached hydrogens (tertiary/aromatic N) is 2. The predicted octanol–water partition coefficient (Wildman–Crippen LogP) is 4.02. The molecule has 0 aliphatic heterocycles. The Balaban J connectivity index is 3.16. The molecule has 20 heavy (non-hydrogen) atoms. The first kappa shape index (κ1) is 17.3. The molecule has 0 atom stereocenters. The van der Waals surface area contributed by atoms with Crippen molar-refractivity contribution in [1.82, 2.24) is 4.98 Å². The minimum atomic E-state index is -0.0352. The summed E-state index contributed by atoms with van der Waals surface area (Å²) in [5.74, 6) is -0.0305. The number of unbranched alkanes of at least 4 members (excludes halogenated alkanes) is 1. The van der Waals surface area contributed by atoms with E-state index in [2.05, 4.69) is 23.7 Å². The summed E-state index contributed by atoms with van der Waals surface area (Å²) in [5, 5.41) is 0.411. The summed E-state index contributed by atoms with van der Waals surface area (Å²) in [6.45, 7) is 8.01. The Bertz CT molecular complexity index is 463. The zero-order valence-corrected chi connectivity index (χ0v) is 13.9. The Labute approximate surface area is 131 Å². The summed E-state index contributed by atoms with van der Waals surface area (Å²) in [7, 11) is 0. The van der Waals surface area contributed by atoms with E-state index in [0.29, 0.717) is 5.15 Å². The minimum Gasteiger partial charge on any atom is -0.371 e. The molecule has 0 saturated carbocycles. The summed E-state index contributed by atoms with van der Waals surface area (Å²) in [4.78, 5) is 18.2. The highest BCUT2D eigenvalue weighted by Gasteiger charge is 2.17. The smallest absolute Gasteiger partial charge is 0.152 e. The van der Waals surface area contributed by atoms with Crippen molar-refractivity contribution in [2.75, 3.05) is 23.9 Å². The molecule has 0 N–H and O–H groups in total. The van der Waals surface area contributed by atoms with Gasteiger partial charge < -0.3 is 4.90 Å². The van der Waals surface area contributed by atoms with E-state index in [1.165, 1.54) is 0 Å². The molecule has 0 spiro atoms. The molecule has 5 heteroatoms. The van der Waals surface area contributed by atoms with Crippen molar-refractivity contribution in [2.45, 2.75) is 40.0 Å². The van der Waals surface area contributed by atoms with Crippen molar-refractivity contribution < 1.29 is 4.79 Å². The summed E-state index contributed by atoms with van der Waals surface area (Å²) in [6, 6.07) is 2.00. The topological polar surface area (TPSA) is 33.2 Å². The quantitative estimate of drug-likeness (QED) is 0.536. The van der Waals surface area contributed by atoms with Crippen molar-refractivity contribution >= 4 is 34.7 Å². The van der Waals surface area contributed by atoms with Gasteiger partial charge >= 0.3 is 0 Å². The van der Waals surface area contributed by atoms with Gasteiger partial charge in [0.2, 0.25) is 0 Å². The van der Waals surface area contributed by atoms with E-state index in [1.54, 1.807) is 0 Å². The SMILES string of the molecule is CCCCN(CC)c1cc(C)nc(Cl)c1CC(=O)CCl. The second-order valence-corrected chi connectivity index (χ2v) is 5.46. The third-order valence-electron chi connectivity index (χ3n) is 3.21.